The van der Waals surface area contributed by atoms with Crippen LogP contribution in [-0.2, 0) is 11.3 Å². The molecule has 0 aliphatic heterocycles. The zero-order valence-electron chi connectivity index (χ0n) is 14.9. The van der Waals surface area contributed by atoms with Gasteiger partial charge in [-0.1, -0.05) is 49.4 Å². The molecule has 0 heterocycles. The second kappa shape index (κ2) is 11.7. The van der Waals surface area contributed by atoms with Crippen LogP contribution >= 0.6 is 24.8 Å². The maximum atomic E-state index is 12.3. The molecule has 1 amide bonds. The molecule has 2 aromatic rings. The summed E-state index contributed by atoms with van der Waals surface area (Å²) in [7, 11) is 3.89. The van der Waals surface area contributed by atoms with E-state index in [0.29, 0.717) is 6.54 Å². The smallest absolute Gasteiger partial charge is 0.228 e. The lowest BCUT2D eigenvalue weighted by Gasteiger charge is -2.23. The number of carbonyl (C=O) groups is 1. The first-order valence-corrected chi connectivity index (χ1v) is 7.91. The predicted molar refractivity (Wildman–Crippen MR) is 111 cm³/mol. The molecule has 0 aromatic heterocycles. The molecule has 0 saturated heterocycles. The average Bonchev–Trinajstić information content (AvgIpc) is 2.56. The van der Waals surface area contributed by atoms with Gasteiger partial charge >= 0.3 is 0 Å². The highest BCUT2D eigenvalue weighted by atomic mass is 35.5. The summed E-state index contributed by atoms with van der Waals surface area (Å²) >= 11 is 0. The number of halogens is 2. The monoisotopic (exact) mass is 383 g/mol. The second-order valence-corrected chi connectivity index (χ2v) is 5.81. The Bertz CT molecular complexity index is 638. The van der Waals surface area contributed by atoms with Crippen LogP contribution < -0.4 is 15.5 Å². The van der Waals surface area contributed by atoms with Crippen LogP contribution in [0.4, 0.5) is 11.4 Å². The molecule has 0 saturated carbocycles. The third kappa shape index (κ3) is 6.94. The number of rotatable bonds is 7. The first-order chi connectivity index (χ1) is 11.1. The lowest BCUT2D eigenvalue weighted by molar-refractivity contribution is -0.119. The van der Waals surface area contributed by atoms with Crippen molar-refractivity contribution in [1.82, 2.24) is 5.32 Å². The summed E-state index contributed by atoms with van der Waals surface area (Å²) in [6.07, 6.45) is 0. The Morgan fingerprint density at radius 1 is 1.04 bits per heavy atom. The number of para-hydroxylation sites is 2. The Hall–Kier alpha value is -1.75. The van der Waals surface area contributed by atoms with E-state index in [1.165, 1.54) is 5.56 Å². The summed E-state index contributed by atoms with van der Waals surface area (Å²) in [5, 5.41) is 6.07. The highest BCUT2D eigenvalue weighted by Crippen LogP contribution is 2.26. The number of hydrogen-bond donors (Lipinski definition) is 2. The van der Waals surface area contributed by atoms with Gasteiger partial charge in [0.1, 0.15) is 0 Å². The molecular formula is C19H27Cl2N3O. The minimum absolute atomic E-state index is 0. The highest BCUT2D eigenvalue weighted by Gasteiger charge is 2.15. The van der Waals surface area contributed by atoms with Crippen molar-refractivity contribution in [2.45, 2.75) is 13.5 Å². The zero-order chi connectivity index (χ0) is 16.7. The van der Waals surface area contributed by atoms with Gasteiger partial charge in [0.2, 0.25) is 5.91 Å². The molecule has 2 rings (SSSR count). The molecule has 0 aliphatic carbocycles. The first kappa shape index (κ1) is 23.2. The fourth-order valence-corrected chi connectivity index (χ4v) is 2.51. The SMILES string of the molecule is CNCC(C)C(=O)Nc1ccccc1N(C)Cc1ccccc1.Cl.Cl. The van der Waals surface area contributed by atoms with Crippen LogP contribution in [0.1, 0.15) is 12.5 Å². The molecule has 0 aliphatic rings. The molecule has 0 radical (unpaired) electrons. The van der Waals surface area contributed by atoms with E-state index in [9.17, 15) is 4.79 Å². The van der Waals surface area contributed by atoms with Gasteiger partial charge in [-0.15, -0.1) is 24.8 Å². The van der Waals surface area contributed by atoms with E-state index in [-0.39, 0.29) is 36.6 Å². The summed E-state index contributed by atoms with van der Waals surface area (Å²) in [4.78, 5) is 14.4. The standard InChI is InChI=1S/C19H25N3O.2ClH/c1-15(13-20-2)19(23)21-17-11-7-8-12-18(17)22(3)14-16-9-5-4-6-10-16;;/h4-12,15,20H,13-14H2,1-3H3,(H,21,23);2*1H. The van der Waals surface area contributed by atoms with Gasteiger partial charge in [0.15, 0.2) is 0 Å². The van der Waals surface area contributed by atoms with Gasteiger partial charge < -0.3 is 15.5 Å². The van der Waals surface area contributed by atoms with Gasteiger partial charge in [-0.25, -0.2) is 0 Å². The van der Waals surface area contributed by atoms with E-state index in [0.717, 1.165) is 17.9 Å². The molecule has 0 fully saturated rings. The molecule has 1 atom stereocenters. The molecule has 0 spiro atoms. The number of amides is 1. The van der Waals surface area contributed by atoms with Crippen LogP contribution in [-0.4, -0.2) is 26.5 Å². The van der Waals surface area contributed by atoms with Gasteiger partial charge in [-0.05, 0) is 24.7 Å². The lowest BCUT2D eigenvalue weighted by atomic mass is 10.1. The summed E-state index contributed by atoms with van der Waals surface area (Å²) in [5.74, 6) is -0.0487. The molecule has 1 unspecified atom stereocenters. The van der Waals surface area contributed by atoms with Crippen LogP contribution in [0.2, 0.25) is 0 Å². The summed E-state index contributed by atoms with van der Waals surface area (Å²) in [6.45, 7) is 3.37. The normalized spacial score (nSPS) is 10.8. The van der Waals surface area contributed by atoms with E-state index < -0.39 is 0 Å². The highest BCUT2D eigenvalue weighted by molar-refractivity contribution is 5.95. The molecule has 0 bridgehead atoms. The van der Waals surface area contributed by atoms with Gasteiger partial charge in [-0.3, -0.25) is 4.79 Å². The maximum Gasteiger partial charge on any atom is 0.228 e. The van der Waals surface area contributed by atoms with Crippen LogP contribution in [0.5, 0.6) is 0 Å². The van der Waals surface area contributed by atoms with Crippen LogP contribution in [0, 0.1) is 5.92 Å². The van der Waals surface area contributed by atoms with Crippen molar-refractivity contribution in [3.63, 3.8) is 0 Å². The average molecular weight is 384 g/mol. The van der Waals surface area contributed by atoms with Crippen LogP contribution in [0.25, 0.3) is 0 Å². The van der Waals surface area contributed by atoms with E-state index in [1.807, 2.05) is 63.5 Å². The Morgan fingerprint density at radius 3 is 2.28 bits per heavy atom. The molecule has 138 valence electrons. The number of nitrogens with one attached hydrogen (secondary N) is 2. The first-order valence-electron chi connectivity index (χ1n) is 7.91. The molecule has 6 heteroatoms. The topological polar surface area (TPSA) is 44.4 Å². The second-order valence-electron chi connectivity index (χ2n) is 5.81. The molecule has 4 nitrogen and oxygen atoms in total. The van der Waals surface area contributed by atoms with Crippen molar-refractivity contribution < 1.29 is 4.79 Å². The van der Waals surface area contributed by atoms with Crippen LogP contribution in [0.3, 0.4) is 0 Å². The van der Waals surface area contributed by atoms with Gasteiger partial charge in [-0.2, -0.15) is 0 Å². The minimum atomic E-state index is -0.0764. The van der Waals surface area contributed by atoms with Gasteiger partial charge in [0.05, 0.1) is 11.4 Å². The van der Waals surface area contributed by atoms with Crippen molar-refractivity contribution in [3.8, 4) is 0 Å². The Morgan fingerprint density at radius 2 is 1.64 bits per heavy atom. The van der Waals surface area contributed by atoms with E-state index in [2.05, 4.69) is 27.7 Å². The molecule has 25 heavy (non-hydrogen) atoms. The quantitative estimate of drug-likeness (QED) is 0.760. The molecular weight excluding hydrogens is 357 g/mol. The fourth-order valence-electron chi connectivity index (χ4n) is 2.51. The fraction of sp³-hybridized carbons (Fsp3) is 0.316. The number of carbonyl (C=O) groups excluding carboxylic acids is 1. The van der Waals surface area contributed by atoms with Crippen molar-refractivity contribution in [2.24, 2.45) is 5.92 Å². The van der Waals surface area contributed by atoms with E-state index in [1.54, 1.807) is 0 Å². The summed E-state index contributed by atoms with van der Waals surface area (Å²) in [6, 6.07) is 18.2. The van der Waals surface area contributed by atoms with Crippen LogP contribution in [0.15, 0.2) is 54.6 Å². The summed E-state index contributed by atoms with van der Waals surface area (Å²) < 4.78 is 0. The van der Waals surface area contributed by atoms with E-state index in [4.69, 9.17) is 0 Å². The third-order valence-corrected chi connectivity index (χ3v) is 3.79. The maximum absolute atomic E-state index is 12.3. The number of benzene rings is 2. The van der Waals surface area contributed by atoms with Gasteiger partial charge in [0, 0.05) is 26.1 Å². The minimum Gasteiger partial charge on any atom is -0.369 e. The number of nitrogens with zero attached hydrogens (tertiary/aromatic N) is 1. The van der Waals surface area contributed by atoms with Gasteiger partial charge in [0.25, 0.3) is 0 Å². The van der Waals surface area contributed by atoms with Crippen molar-refractivity contribution in [2.75, 3.05) is 30.9 Å². The Balaban J connectivity index is 0.00000288. The predicted octanol–water partition coefficient (Wildman–Crippen LogP) is 3.96. The summed E-state index contributed by atoms with van der Waals surface area (Å²) in [5.41, 5.74) is 3.10. The van der Waals surface area contributed by atoms with Crippen molar-refractivity contribution >= 4 is 42.1 Å². The third-order valence-electron chi connectivity index (χ3n) is 3.79. The number of hydrogen-bond acceptors (Lipinski definition) is 3. The number of anilines is 2. The lowest BCUT2D eigenvalue weighted by Crippen LogP contribution is -2.29. The van der Waals surface area contributed by atoms with Crippen molar-refractivity contribution in [1.29, 1.82) is 0 Å². The Labute approximate surface area is 162 Å². The van der Waals surface area contributed by atoms with E-state index >= 15 is 0 Å². The van der Waals surface area contributed by atoms with Crippen molar-refractivity contribution in [3.05, 3.63) is 60.2 Å². The molecule has 2 aromatic carbocycles. The molecule has 2 N–H and O–H groups in total. The zero-order valence-corrected chi connectivity index (χ0v) is 16.5. The largest absolute Gasteiger partial charge is 0.369 e. The Kier molecular flexibility index (Phi) is 10.9.